The third-order valence-corrected chi connectivity index (χ3v) is 2.14. The van der Waals surface area contributed by atoms with Gasteiger partial charge in [0.15, 0.2) is 11.6 Å². The Morgan fingerprint density at radius 3 is 2.67 bits per heavy atom. The van der Waals surface area contributed by atoms with Crippen molar-refractivity contribution in [3.05, 3.63) is 29.1 Å². The van der Waals surface area contributed by atoms with Gasteiger partial charge in [-0.3, -0.25) is 4.79 Å². The van der Waals surface area contributed by atoms with Crippen LogP contribution in [0.1, 0.15) is 17.2 Å². The van der Waals surface area contributed by atoms with E-state index in [0.29, 0.717) is 11.1 Å². The van der Waals surface area contributed by atoms with Crippen LogP contribution in [0.3, 0.4) is 0 Å². The van der Waals surface area contributed by atoms with Crippen LogP contribution < -0.4 is 10.5 Å². The normalized spacial score (nSPS) is 12.3. The first kappa shape index (κ1) is 11.5. The maximum Gasteiger partial charge on any atom is 0.325 e. The summed E-state index contributed by atoms with van der Waals surface area (Å²) in [5.41, 5.74) is 6.27. The van der Waals surface area contributed by atoms with Crippen LogP contribution in [0, 0.1) is 12.7 Å². The number of hydrogen-bond acceptors (Lipinski definition) is 3. The lowest BCUT2D eigenvalue weighted by atomic mass is 10.0. The molecule has 0 aliphatic rings. The van der Waals surface area contributed by atoms with Gasteiger partial charge in [0.05, 0.1) is 7.11 Å². The Labute approximate surface area is 86.5 Å². The lowest BCUT2D eigenvalue weighted by Gasteiger charge is -2.12. The molecule has 0 radical (unpaired) electrons. The van der Waals surface area contributed by atoms with Crippen molar-refractivity contribution in [2.24, 2.45) is 5.73 Å². The number of nitrogens with two attached hydrogens (primary N) is 1. The summed E-state index contributed by atoms with van der Waals surface area (Å²) in [7, 11) is 1.31. The summed E-state index contributed by atoms with van der Waals surface area (Å²) in [5.74, 6) is -1.70. The predicted octanol–water partition coefficient (Wildman–Crippen LogP) is 1.23. The molecule has 3 N–H and O–H groups in total. The molecule has 0 heterocycles. The third kappa shape index (κ3) is 2.24. The molecular formula is C10H12FNO3. The number of benzene rings is 1. The molecule has 0 bridgehead atoms. The predicted molar refractivity (Wildman–Crippen MR) is 52.3 cm³/mol. The van der Waals surface area contributed by atoms with Crippen LogP contribution in [0.25, 0.3) is 0 Å². The van der Waals surface area contributed by atoms with Crippen molar-refractivity contribution in [2.75, 3.05) is 7.11 Å². The highest BCUT2D eigenvalue weighted by Crippen LogP contribution is 2.25. The summed E-state index contributed by atoms with van der Waals surface area (Å²) in [6, 6.07) is 1.35. The average molecular weight is 213 g/mol. The summed E-state index contributed by atoms with van der Waals surface area (Å²) < 4.78 is 17.9. The number of ether oxygens (including phenoxy) is 1. The van der Waals surface area contributed by atoms with Crippen LogP contribution >= 0.6 is 0 Å². The topological polar surface area (TPSA) is 72.5 Å². The van der Waals surface area contributed by atoms with E-state index in [0.717, 1.165) is 0 Å². The minimum atomic E-state index is -1.17. The zero-order valence-corrected chi connectivity index (χ0v) is 8.45. The van der Waals surface area contributed by atoms with Crippen molar-refractivity contribution >= 4 is 5.97 Å². The van der Waals surface area contributed by atoms with Crippen LogP contribution in [0.15, 0.2) is 12.1 Å². The number of carboxylic acids is 1. The minimum Gasteiger partial charge on any atom is -0.494 e. The van der Waals surface area contributed by atoms with Crippen LogP contribution in [0.5, 0.6) is 5.75 Å². The molecule has 1 unspecified atom stereocenters. The van der Waals surface area contributed by atoms with Crippen molar-refractivity contribution in [3.63, 3.8) is 0 Å². The SMILES string of the molecule is COc1cc(C(N)C(=O)O)c(C)cc1F. The van der Waals surface area contributed by atoms with Crippen LogP contribution in [-0.4, -0.2) is 18.2 Å². The summed E-state index contributed by atoms with van der Waals surface area (Å²) in [4.78, 5) is 10.7. The van der Waals surface area contributed by atoms with E-state index in [2.05, 4.69) is 0 Å². The van der Waals surface area contributed by atoms with E-state index in [-0.39, 0.29) is 5.75 Å². The standard InChI is InChI=1S/C10H12FNO3/c1-5-3-7(11)8(15-2)4-6(5)9(12)10(13)14/h3-4,9H,12H2,1-2H3,(H,13,14). The van der Waals surface area contributed by atoms with Gasteiger partial charge < -0.3 is 15.6 Å². The number of methoxy groups -OCH3 is 1. The number of hydrogen-bond donors (Lipinski definition) is 2. The molecule has 0 saturated carbocycles. The lowest BCUT2D eigenvalue weighted by molar-refractivity contribution is -0.138. The van der Waals surface area contributed by atoms with Gasteiger partial charge in [0, 0.05) is 0 Å². The maximum absolute atomic E-state index is 13.2. The first-order chi connectivity index (χ1) is 6.97. The number of carboxylic acid groups (broad SMARTS) is 1. The molecule has 5 heteroatoms. The van der Waals surface area contributed by atoms with Gasteiger partial charge in [0.2, 0.25) is 0 Å². The Balaban J connectivity index is 3.24. The fourth-order valence-electron chi connectivity index (χ4n) is 1.29. The Morgan fingerprint density at radius 1 is 1.60 bits per heavy atom. The fourth-order valence-corrected chi connectivity index (χ4v) is 1.29. The molecule has 1 rings (SSSR count). The number of halogens is 1. The molecule has 15 heavy (non-hydrogen) atoms. The van der Waals surface area contributed by atoms with Crippen molar-refractivity contribution in [3.8, 4) is 5.75 Å². The second-order valence-corrected chi connectivity index (χ2v) is 3.16. The van der Waals surface area contributed by atoms with Crippen LogP contribution in [0.2, 0.25) is 0 Å². The zero-order valence-electron chi connectivity index (χ0n) is 8.45. The van der Waals surface area contributed by atoms with E-state index < -0.39 is 17.8 Å². The van der Waals surface area contributed by atoms with Gasteiger partial charge in [-0.05, 0) is 30.2 Å². The highest BCUT2D eigenvalue weighted by Gasteiger charge is 2.19. The van der Waals surface area contributed by atoms with Gasteiger partial charge in [-0.25, -0.2) is 4.39 Å². The number of rotatable bonds is 3. The Bertz CT molecular complexity index is 392. The fraction of sp³-hybridized carbons (Fsp3) is 0.300. The first-order valence-corrected chi connectivity index (χ1v) is 4.29. The van der Waals surface area contributed by atoms with Crippen molar-refractivity contribution < 1.29 is 19.0 Å². The van der Waals surface area contributed by atoms with Gasteiger partial charge in [-0.1, -0.05) is 0 Å². The van der Waals surface area contributed by atoms with Gasteiger partial charge in [-0.2, -0.15) is 0 Å². The smallest absolute Gasteiger partial charge is 0.325 e. The molecule has 82 valence electrons. The van der Waals surface area contributed by atoms with Gasteiger partial charge in [0.1, 0.15) is 6.04 Å². The van der Waals surface area contributed by atoms with E-state index in [1.807, 2.05) is 0 Å². The molecule has 1 aromatic rings. The Morgan fingerprint density at radius 2 is 2.20 bits per heavy atom. The molecule has 1 atom stereocenters. The lowest BCUT2D eigenvalue weighted by Crippen LogP contribution is -2.21. The van der Waals surface area contributed by atoms with Crippen LogP contribution in [-0.2, 0) is 4.79 Å². The molecule has 0 aromatic heterocycles. The Kier molecular flexibility index (Phi) is 3.26. The second kappa shape index (κ2) is 4.27. The zero-order chi connectivity index (χ0) is 11.6. The average Bonchev–Trinajstić information content (AvgIpc) is 2.17. The molecule has 0 aliphatic carbocycles. The second-order valence-electron chi connectivity index (χ2n) is 3.16. The molecule has 0 spiro atoms. The van der Waals surface area contributed by atoms with E-state index >= 15 is 0 Å². The number of aliphatic carboxylic acids is 1. The highest BCUT2D eigenvalue weighted by molar-refractivity contribution is 5.76. The maximum atomic E-state index is 13.2. The molecule has 0 aliphatic heterocycles. The van der Waals surface area contributed by atoms with Crippen molar-refractivity contribution in [1.29, 1.82) is 0 Å². The summed E-state index contributed by atoms with van der Waals surface area (Å²) >= 11 is 0. The van der Waals surface area contributed by atoms with Gasteiger partial charge in [0.25, 0.3) is 0 Å². The first-order valence-electron chi connectivity index (χ1n) is 4.29. The highest BCUT2D eigenvalue weighted by atomic mass is 19.1. The minimum absolute atomic E-state index is 0.00713. The molecular weight excluding hydrogens is 201 g/mol. The van der Waals surface area contributed by atoms with Gasteiger partial charge in [-0.15, -0.1) is 0 Å². The van der Waals surface area contributed by atoms with Crippen molar-refractivity contribution in [1.82, 2.24) is 0 Å². The van der Waals surface area contributed by atoms with E-state index in [1.165, 1.54) is 19.2 Å². The summed E-state index contributed by atoms with van der Waals surface area (Å²) in [6.45, 7) is 1.60. The van der Waals surface area contributed by atoms with Crippen LogP contribution in [0.4, 0.5) is 4.39 Å². The van der Waals surface area contributed by atoms with E-state index in [9.17, 15) is 9.18 Å². The quantitative estimate of drug-likeness (QED) is 0.792. The monoisotopic (exact) mass is 213 g/mol. The van der Waals surface area contributed by atoms with E-state index in [1.54, 1.807) is 6.92 Å². The summed E-state index contributed by atoms with van der Waals surface area (Å²) in [5, 5.41) is 8.73. The summed E-state index contributed by atoms with van der Waals surface area (Å²) in [6.07, 6.45) is 0. The van der Waals surface area contributed by atoms with Gasteiger partial charge >= 0.3 is 5.97 Å². The van der Waals surface area contributed by atoms with Crippen molar-refractivity contribution in [2.45, 2.75) is 13.0 Å². The molecule has 1 aromatic carbocycles. The molecule has 0 saturated heterocycles. The third-order valence-electron chi connectivity index (χ3n) is 2.14. The molecule has 4 nitrogen and oxygen atoms in total. The Hall–Kier alpha value is -1.62. The molecule has 0 amide bonds. The molecule has 0 fully saturated rings. The largest absolute Gasteiger partial charge is 0.494 e. The number of carbonyl (C=O) groups is 1. The number of aryl methyl sites for hydroxylation is 1. The van der Waals surface area contributed by atoms with E-state index in [4.69, 9.17) is 15.6 Å².